The molecule has 0 fully saturated rings. The van der Waals surface area contributed by atoms with E-state index in [2.05, 4.69) is 10.3 Å². The van der Waals surface area contributed by atoms with E-state index in [1.54, 1.807) is 6.92 Å². The molecule has 0 saturated heterocycles. The second-order valence-electron chi connectivity index (χ2n) is 4.01. The van der Waals surface area contributed by atoms with Gasteiger partial charge in [-0.1, -0.05) is 12.1 Å². The number of amides is 1. The Hall–Kier alpha value is -1.87. The first-order chi connectivity index (χ1) is 9.82. The van der Waals surface area contributed by atoms with Crippen molar-refractivity contribution in [3.63, 3.8) is 0 Å². The molecule has 9 heteroatoms. The SMILES string of the molecule is Cc1nc(C(=O)Nc2ccccc2S(=O)(=O)C(F)F)cs1. The molecule has 0 aliphatic rings. The lowest BCUT2D eigenvalue weighted by Crippen LogP contribution is -2.18. The van der Waals surface area contributed by atoms with Gasteiger partial charge in [-0.2, -0.15) is 8.78 Å². The second kappa shape index (κ2) is 5.86. The summed E-state index contributed by atoms with van der Waals surface area (Å²) >= 11 is 1.25. The van der Waals surface area contributed by atoms with Gasteiger partial charge in [-0.05, 0) is 19.1 Å². The van der Waals surface area contributed by atoms with Crippen LogP contribution in [0.15, 0.2) is 34.5 Å². The molecule has 112 valence electrons. The highest BCUT2D eigenvalue weighted by Gasteiger charge is 2.29. The van der Waals surface area contributed by atoms with Crippen molar-refractivity contribution in [2.24, 2.45) is 0 Å². The summed E-state index contributed by atoms with van der Waals surface area (Å²) in [4.78, 5) is 15.2. The van der Waals surface area contributed by atoms with Crippen LogP contribution in [0.2, 0.25) is 0 Å². The minimum atomic E-state index is -4.80. The fraction of sp³-hybridized carbons (Fsp3) is 0.167. The van der Waals surface area contributed by atoms with Crippen molar-refractivity contribution in [2.75, 3.05) is 5.32 Å². The van der Waals surface area contributed by atoms with Crippen LogP contribution in [0.5, 0.6) is 0 Å². The number of hydrogen-bond donors (Lipinski definition) is 1. The van der Waals surface area contributed by atoms with Gasteiger partial charge < -0.3 is 5.32 Å². The zero-order chi connectivity index (χ0) is 15.6. The summed E-state index contributed by atoms with van der Waals surface area (Å²) in [5.74, 6) is -4.21. The van der Waals surface area contributed by atoms with Crippen LogP contribution in [0.25, 0.3) is 0 Å². The molecule has 2 rings (SSSR count). The van der Waals surface area contributed by atoms with Gasteiger partial charge in [0, 0.05) is 5.38 Å². The lowest BCUT2D eigenvalue weighted by atomic mass is 10.3. The fourth-order valence-electron chi connectivity index (χ4n) is 1.57. The summed E-state index contributed by atoms with van der Waals surface area (Å²) in [6.07, 6.45) is 0. The molecule has 0 atom stereocenters. The van der Waals surface area contributed by atoms with Gasteiger partial charge in [-0.15, -0.1) is 11.3 Å². The second-order valence-corrected chi connectivity index (χ2v) is 6.96. The van der Waals surface area contributed by atoms with Crippen molar-refractivity contribution in [1.82, 2.24) is 4.98 Å². The maximum atomic E-state index is 12.6. The number of hydrogen-bond acceptors (Lipinski definition) is 5. The van der Waals surface area contributed by atoms with Crippen LogP contribution in [0.1, 0.15) is 15.5 Å². The monoisotopic (exact) mass is 332 g/mol. The molecule has 21 heavy (non-hydrogen) atoms. The molecule has 1 N–H and O–H groups in total. The minimum Gasteiger partial charge on any atom is -0.319 e. The van der Waals surface area contributed by atoms with Crippen molar-refractivity contribution in [3.05, 3.63) is 40.3 Å². The number of carbonyl (C=O) groups is 1. The number of thiazole rings is 1. The number of aryl methyl sites for hydroxylation is 1. The molecular formula is C12H10F2N2O3S2. The average Bonchev–Trinajstić information content (AvgIpc) is 2.86. The summed E-state index contributed by atoms with van der Waals surface area (Å²) in [6, 6.07) is 5.00. The van der Waals surface area contributed by atoms with Crippen molar-refractivity contribution < 1.29 is 22.0 Å². The summed E-state index contributed by atoms with van der Waals surface area (Å²) in [5, 5.41) is 4.45. The van der Waals surface area contributed by atoms with Gasteiger partial charge in [0.25, 0.3) is 5.91 Å². The van der Waals surface area contributed by atoms with Gasteiger partial charge in [0.1, 0.15) is 5.69 Å². The van der Waals surface area contributed by atoms with Gasteiger partial charge in [0.05, 0.1) is 15.6 Å². The van der Waals surface area contributed by atoms with Crippen LogP contribution in [-0.2, 0) is 9.84 Å². The number of aromatic nitrogens is 1. The summed E-state index contributed by atoms with van der Waals surface area (Å²) in [7, 11) is -4.80. The van der Waals surface area contributed by atoms with Crippen molar-refractivity contribution in [1.29, 1.82) is 0 Å². The van der Waals surface area contributed by atoms with E-state index in [1.165, 1.54) is 34.9 Å². The first-order valence-corrected chi connectivity index (χ1v) is 8.09. The van der Waals surface area contributed by atoms with Gasteiger partial charge >= 0.3 is 5.76 Å². The standard InChI is InChI=1S/C12H10F2N2O3S2/c1-7-15-9(6-20-7)11(17)16-8-4-2-3-5-10(8)21(18,19)12(13)14/h2-6,12H,1H3,(H,16,17). The highest BCUT2D eigenvalue weighted by molar-refractivity contribution is 7.91. The number of anilines is 1. The molecule has 0 aliphatic carbocycles. The van der Waals surface area contributed by atoms with E-state index >= 15 is 0 Å². The van der Waals surface area contributed by atoms with Crippen molar-refractivity contribution in [2.45, 2.75) is 17.6 Å². The number of nitrogens with one attached hydrogen (secondary N) is 1. The smallest absolute Gasteiger partial charge is 0.319 e. The minimum absolute atomic E-state index is 0.0988. The Labute approximate surface area is 123 Å². The third kappa shape index (κ3) is 3.24. The van der Waals surface area contributed by atoms with Crippen LogP contribution in [0.3, 0.4) is 0 Å². The highest BCUT2D eigenvalue weighted by Crippen LogP contribution is 2.26. The largest absolute Gasteiger partial charge is 0.341 e. The molecule has 1 heterocycles. The van der Waals surface area contributed by atoms with E-state index in [1.807, 2.05) is 0 Å². The van der Waals surface area contributed by atoms with E-state index < -0.39 is 26.4 Å². The maximum absolute atomic E-state index is 12.6. The molecule has 0 spiro atoms. The van der Waals surface area contributed by atoms with Crippen LogP contribution < -0.4 is 5.32 Å². The third-order valence-electron chi connectivity index (χ3n) is 2.53. The molecule has 0 bridgehead atoms. The van der Waals surface area contributed by atoms with Gasteiger partial charge in [-0.25, -0.2) is 13.4 Å². The van der Waals surface area contributed by atoms with Crippen LogP contribution in [0, 0.1) is 6.92 Å². The number of rotatable bonds is 4. The number of sulfone groups is 1. The van der Waals surface area contributed by atoms with Crippen LogP contribution in [0.4, 0.5) is 14.5 Å². The van der Waals surface area contributed by atoms with Gasteiger partial charge in [-0.3, -0.25) is 4.79 Å². The predicted molar refractivity (Wildman–Crippen MR) is 74.4 cm³/mol. The zero-order valence-corrected chi connectivity index (χ0v) is 12.3. The molecule has 0 unspecified atom stereocenters. The summed E-state index contributed by atoms with van der Waals surface area (Å²) in [5.41, 5.74) is -0.102. The van der Waals surface area contributed by atoms with Crippen molar-refractivity contribution >= 4 is 32.8 Å². The highest BCUT2D eigenvalue weighted by atomic mass is 32.2. The molecule has 0 saturated carbocycles. The number of alkyl halides is 2. The molecule has 0 aliphatic heterocycles. The Morgan fingerprint density at radius 1 is 1.33 bits per heavy atom. The summed E-state index contributed by atoms with van der Waals surface area (Å²) < 4.78 is 48.4. The molecular weight excluding hydrogens is 322 g/mol. The average molecular weight is 332 g/mol. The number of nitrogens with zero attached hydrogens (tertiary/aromatic N) is 1. The topological polar surface area (TPSA) is 76.1 Å². The molecule has 0 radical (unpaired) electrons. The molecule has 1 amide bonds. The lowest BCUT2D eigenvalue weighted by molar-refractivity contribution is 0.102. The Kier molecular flexibility index (Phi) is 4.33. The van der Waals surface area contributed by atoms with Gasteiger partial charge in [0.2, 0.25) is 9.84 Å². The summed E-state index contributed by atoms with van der Waals surface area (Å²) in [6.45, 7) is 1.71. The molecule has 1 aromatic heterocycles. The van der Waals surface area contributed by atoms with E-state index in [-0.39, 0.29) is 11.4 Å². The lowest BCUT2D eigenvalue weighted by Gasteiger charge is -2.10. The van der Waals surface area contributed by atoms with Crippen LogP contribution in [-0.4, -0.2) is 25.1 Å². The van der Waals surface area contributed by atoms with Gasteiger partial charge in [0.15, 0.2) is 0 Å². The Morgan fingerprint density at radius 3 is 2.57 bits per heavy atom. The number of benzene rings is 1. The predicted octanol–water partition coefficient (Wildman–Crippen LogP) is 2.70. The van der Waals surface area contributed by atoms with E-state index in [9.17, 15) is 22.0 Å². The Balaban J connectivity index is 2.36. The maximum Gasteiger partial charge on any atom is 0.341 e. The molecule has 5 nitrogen and oxygen atoms in total. The van der Waals surface area contributed by atoms with Crippen LogP contribution >= 0.6 is 11.3 Å². The fourth-order valence-corrected chi connectivity index (χ4v) is 3.05. The molecule has 1 aromatic carbocycles. The third-order valence-corrected chi connectivity index (χ3v) is 4.74. The normalized spacial score (nSPS) is 11.6. The van der Waals surface area contributed by atoms with E-state index in [0.717, 1.165) is 6.07 Å². The Bertz CT molecular complexity index is 772. The number of carbonyl (C=O) groups excluding carboxylic acids is 1. The van der Waals surface area contributed by atoms with E-state index in [0.29, 0.717) is 5.01 Å². The Morgan fingerprint density at radius 2 is 2.00 bits per heavy atom. The number of halogens is 2. The quantitative estimate of drug-likeness (QED) is 0.934. The number of para-hydroxylation sites is 1. The van der Waals surface area contributed by atoms with E-state index in [4.69, 9.17) is 0 Å². The first-order valence-electron chi connectivity index (χ1n) is 5.67. The molecule has 2 aromatic rings. The zero-order valence-electron chi connectivity index (χ0n) is 10.7. The van der Waals surface area contributed by atoms with Crippen molar-refractivity contribution in [3.8, 4) is 0 Å². The first kappa shape index (κ1) is 15.5.